The van der Waals surface area contributed by atoms with Crippen LogP contribution in [-0.4, -0.2) is 16.5 Å². The van der Waals surface area contributed by atoms with E-state index >= 15 is 0 Å². The summed E-state index contributed by atoms with van der Waals surface area (Å²) < 4.78 is 1.06. The third-order valence-corrected chi connectivity index (χ3v) is 4.70. The molecule has 0 aliphatic carbocycles. The van der Waals surface area contributed by atoms with Gasteiger partial charge in [0, 0.05) is 6.54 Å². The highest BCUT2D eigenvalue weighted by Gasteiger charge is 2.16. The fourth-order valence-electron chi connectivity index (χ4n) is 2.00. The van der Waals surface area contributed by atoms with Crippen LogP contribution in [0.25, 0.3) is 11.4 Å². The second-order valence-electron chi connectivity index (χ2n) is 4.53. The molecule has 0 atom stereocenters. The maximum absolute atomic E-state index is 6.28. The fourth-order valence-corrected chi connectivity index (χ4v) is 3.27. The van der Waals surface area contributed by atoms with Gasteiger partial charge in [0.05, 0.1) is 24.9 Å². The number of benzene rings is 1. The molecular formula is C15H16Cl2IN3. The largest absolute Gasteiger partial charge is 0.369 e. The molecule has 0 fully saturated rings. The van der Waals surface area contributed by atoms with Crippen LogP contribution in [0.15, 0.2) is 18.2 Å². The molecule has 0 amide bonds. The first-order chi connectivity index (χ1) is 10.1. The number of rotatable bonds is 5. The summed E-state index contributed by atoms with van der Waals surface area (Å²) in [6, 6.07) is 5.42. The summed E-state index contributed by atoms with van der Waals surface area (Å²) in [6.45, 7) is 4.97. The zero-order valence-corrected chi connectivity index (χ0v) is 15.6. The van der Waals surface area contributed by atoms with Crippen molar-refractivity contribution in [2.75, 3.05) is 11.9 Å². The highest BCUT2D eigenvalue weighted by molar-refractivity contribution is 14.1. The van der Waals surface area contributed by atoms with E-state index in [2.05, 4.69) is 44.8 Å². The van der Waals surface area contributed by atoms with E-state index in [0.717, 1.165) is 34.5 Å². The van der Waals surface area contributed by atoms with Crippen molar-refractivity contribution in [1.29, 1.82) is 0 Å². The fraction of sp³-hybridized carbons (Fsp3) is 0.333. The van der Waals surface area contributed by atoms with Crippen molar-refractivity contribution in [1.82, 2.24) is 9.97 Å². The molecule has 112 valence electrons. The van der Waals surface area contributed by atoms with Gasteiger partial charge in [-0.25, -0.2) is 9.97 Å². The lowest BCUT2D eigenvalue weighted by Crippen LogP contribution is -2.08. The van der Waals surface area contributed by atoms with Crippen LogP contribution < -0.4 is 5.32 Å². The molecule has 0 aliphatic heterocycles. The molecule has 21 heavy (non-hydrogen) atoms. The zero-order valence-electron chi connectivity index (χ0n) is 11.9. The minimum Gasteiger partial charge on any atom is -0.369 e. The molecular weight excluding hydrogens is 420 g/mol. The molecule has 0 aliphatic rings. The first-order valence-electron chi connectivity index (χ1n) is 6.83. The molecule has 1 heterocycles. The topological polar surface area (TPSA) is 37.8 Å². The summed E-state index contributed by atoms with van der Waals surface area (Å²) in [5.41, 5.74) is 1.71. The molecule has 2 rings (SSSR count). The van der Waals surface area contributed by atoms with Crippen molar-refractivity contribution in [3.05, 3.63) is 37.5 Å². The molecule has 2 aromatic rings. The summed E-state index contributed by atoms with van der Waals surface area (Å²) in [5, 5.41) is 4.41. The molecule has 0 bridgehead atoms. The number of nitrogens with zero attached hydrogens (tertiary/aromatic N) is 2. The zero-order chi connectivity index (χ0) is 15.4. The van der Waals surface area contributed by atoms with Gasteiger partial charge in [0.2, 0.25) is 0 Å². The summed E-state index contributed by atoms with van der Waals surface area (Å²) in [6.07, 6.45) is 1.92. The van der Waals surface area contributed by atoms with Crippen LogP contribution in [0, 0.1) is 3.57 Å². The minimum absolute atomic E-state index is 0.564. The minimum atomic E-state index is 0.564. The van der Waals surface area contributed by atoms with Gasteiger partial charge < -0.3 is 5.32 Å². The lowest BCUT2D eigenvalue weighted by Gasteiger charge is -2.13. The van der Waals surface area contributed by atoms with E-state index < -0.39 is 0 Å². The van der Waals surface area contributed by atoms with Crippen molar-refractivity contribution in [2.45, 2.75) is 26.7 Å². The quantitative estimate of drug-likeness (QED) is 0.635. The molecule has 1 aromatic heterocycles. The van der Waals surface area contributed by atoms with Crippen molar-refractivity contribution < 1.29 is 0 Å². The predicted octanol–water partition coefficient (Wildman–Crippen LogP) is 5.44. The van der Waals surface area contributed by atoms with Gasteiger partial charge in [0.1, 0.15) is 5.82 Å². The third kappa shape index (κ3) is 3.79. The average molecular weight is 436 g/mol. The number of nitrogens with one attached hydrogen (secondary N) is 1. The molecule has 0 radical (unpaired) electrons. The highest BCUT2D eigenvalue weighted by atomic mass is 127. The Morgan fingerprint density at radius 2 is 1.81 bits per heavy atom. The number of aromatic nitrogens is 2. The first kappa shape index (κ1) is 16.8. The Bertz CT molecular complexity index is 600. The van der Waals surface area contributed by atoms with Gasteiger partial charge in [-0.1, -0.05) is 42.6 Å². The lowest BCUT2D eigenvalue weighted by molar-refractivity contribution is 0.867. The normalized spacial score (nSPS) is 10.7. The van der Waals surface area contributed by atoms with Crippen molar-refractivity contribution >= 4 is 51.6 Å². The maximum atomic E-state index is 6.28. The van der Waals surface area contributed by atoms with E-state index in [-0.39, 0.29) is 0 Å². The SMILES string of the molecule is CCCc1nc(-c2c(Cl)cccc2Cl)nc(NCC)c1I. The summed E-state index contributed by atoms with van der Waals surface area (Å²) in [7, 11) is 0. The average Bonchev–Trinajstić information content (AvgIpc) is 2.44. The van der Waals surface area contributed by atoms with Gasteiger partial charge in [0.15, 0.2) is 5.82 Å². The third-order valence-electron chi connectivity index (χ3n) is 2.94. The van der Waals surface area contributed by atoms with Gasteiger partial charge in [-0.3, -0.25) is 0 Å². The number of anilines is 1. The van der Waals surface area contributed by atoms with Gasteiger partial charge in [-0.05, 0) is 48.1 Å². The van der Waals surface area contributed by atoms with Gasteiger partial charge in [-0.2, -0.15) is 0 Å². The van der Waals surface area contributed by atoms with Gasteiger partial charge in [-0.15, -0.1) is 0 Å². The Balaban J connectivity index is 2.63. The van der Waals surface area contributed by atoms with Crippen LogP contribution in [0.5, 0.6) is 0 Å². The lowest BCUT2D eigenvalue weighted by atomic mass is 10.2. The van der Waals surface area contributed by atoms with E-state index in [9.17, 15) is 0 Å². The van der Waals surface area contributed by atoms with Crippen LogP contribution in [0.3, 0.4) is 0 Å². The van der Waals surface area contributed by atoms with Crippen LogP contribution in [-0.2, 0) is 6.42 Å². The van der Waals surface area contributed by atoms with E-state index in [0.29, 0.717) is 21.4 Å². The Morgan fingerprint density at radius 1 is 1.14 bits per heavy atom. The Hall–Kier alpha value is -0.590. The van der Waals surface area contributed by atoms with Gasteiger partial charge >= 0.3 is 0 Å². The van der Waals surface area contributed by atoms with Crippen LogP contribution in [0.2, 0.25) is 10.0 Å². The first-order valence-corrected chi connectivity index (χ1v) is 8.66. The van der Waals surface area contributed by atoms with E-state index in [4.69, 9.17) is 23.2 Å². The Kier molecular flexibility index (Phi) is 6.08. The second-order valence-corrected chi connectivity index (χ2v) is 6.43. The van der Waals surface area contributed by atoms with Crippen molar-refractivity contribution in [3.8, 4) is 11.4 Å². The Morgan fingerprint density at radius 3 is 2.38 bits per heavy atom. The second kappa shape index (κ2) is 7.61. The molecule has 1 N–H and O–H groups in total. The van der Waals surface area contributed by atoms with Gasteiger partial charge in [0.25, 0.3) is 0 Å². The molecule has 6 heteroatoms. The number of hydrogen-bond acceptors (Lipinski definition) is 3. The summed E-state index contributed by atoms with van der Waals surface area (Å²) in [4.78, 5) is 9.27. The number of aryl methyl sites for hydroxylation is 1. The molecule has 0 spiro atoms. The van der Waals surface area contributed by atoms with Crippen LogP contribution >= 0.6 is 45.8 Å². The van der Waals surface area contributed by atoms with Crippen LogP contribution in [0.4, 0.5) is 5.82 Å². The molecule has 0 unspecified atom stereocenters. The maximum Gasteiger partial charge on any atom is 0.164 e. The number of hydrogen-bond donors (Lipinski definition) is 1. The van der Waals surface area contributed by atoms with E-state index in [1.165, 1.54) is 0 Å². The van der Waals surface area contributed by atoms with Crippen molar-refractivity contribution in [2.24, 2.45) is 0 Å². The highest BCUT2D eigenvalue weighted by Crippen LogP contribution is 2.34. The van der Waals surface area contributed by atoms with E-state index in [1.54, 1.807) is 12.1 Å². The monoisotopic (exact) mass is 435 g/mol. The number of halogens is 3. The summed E-state index contributed by atoms with van der Waals surface area (Å²) in [5.74, 6) is 1.41. The smallest absolute Gasteiger partial charge is 0.164 e. The predicted molar refractivity (Wildman–Crippen MR) is 98.4 cm³/mol. The molecule has 1 aromatic carbocycles. The molecule has 3 nitrogen and oxygen atoms in total. The van der Waals surface area contributed by atoms with Crippen molar-refractivity contribution in [3.63, 3.8) is 0 Å². The standard InChI is InChI=1S/C15H16Cl2IN3/c1-3-6-11-13(18)15(19-4-2)21-14(20-11)12-9(16)7-5-8-10(12)17/h5,7-8H,3-4,6H2,1-2H3,(H,19,20,21). The molecule has 0 saturated carbocycles. The van der Waals surface area contributed by atoms with E-state index in [1.807, 2.05) is 13.0 Å². The Labute approximate surface area is 148 Å². The summed E-state index contributed by atoms with van der Waals surface area (Å²) >= 11 is 14.8. The molecule has 0 saturated heterocycles. The van der Waals surface area contributed by atoms with Crippen LogP contribution in [0.1, 0.15) is 26.0 Å².